The van der Waals surface area contributed by atoms with Crippen molar-refractivity contribution in [3.8, 4) is 11.5 Å². The molecule has 0 aromatic heterocycles. The molecular formula is C22H24N2O5. The van der Waals surface area contributed by atoms with Gasteiger partial charge in [-0.2, -0.15) is 0 Å². The summed E-state index contributed by atoms with van der Waals surface area (Å²) in [5, 5.41) is 2.76. The van der Waals surface area contributed by atoms with E-state index >= 15 is 0 Å². The number of morpholine rings is 1. The summed E-state index contributed by atoms with van der Waals surface area (Å²) in [5.41, 5.74) is 1.25. The molecule has 1 aliphatic rings. The maximum Gasteiger partial charge on any atom is 0.270 e. The van der Waals surface area contributed by atoms with Crippen LogP contribution >= 0.6 is 0 Å². The van der Waals surface area contributed by atoms with Crippen LogP contribution in [0.5, 0.6) is 11.5 Å². The highest BCUT2D eigenvalue weighted by Crippen LogP contribution is 2.32. The van der Waals surface area contributed by atoms with Gasteiger partial charge in [0.15, 0.2) is 11.5 Å². The van der Waals surface area contributed by atoms with E-state index in [0.717, 1.165) is 0 Å². The van der Waals surface area contributed by atoms with Gasteiger partial charge in [-0.3, -0.25) is 9.59 Å². The van der Waals surface area contributed by atoms with Crippen LogP contribution in [0.15, 0.2) is 54.2 Å². The van der Waals surface area contributed by atoms with Crippen LogP contribution < -0.4 is 14.8 Å². The van der Waals surface area contributed by atoms with Crippen molar-refractivity contribution in [1.29, 1.82) is 0 Å². The topological polar surface area (TPSA) is 77.1 Å². The van der Waals surface area contributed by atoms with Crippen molar-refractivity contribution in [2.24, 2.45) is 0 Å². The molecule has 29 heavy (non-hydrogen) atoms. The molecule has 0 radical (unpaired) electrons. The SMILES string of the molecule is COc1cccc(C=C(NC(=O)c2ccccc2)C(=O)N2CCOCC2)c1OC. The first-order chi connectivity index (χ1) is 14.1. The second-order valence-corrected chi connectivity index (χ2v) is 6.37. The van der Waals surface area contributed by atoms with Crippen molar-refractivity contribution in [3.63, 3.8) is 0 Å². The van der Waals surface area contributed by atoms with E-state index in [1.54, 1.807) is 60.6 Å². The van der Waals surface area contributed by atoms with Gasteiger partial charge in [-0.1, -0.05) is 30.3 Å². The third-order valence-corrected chi connectivity index (χ3v) is 4.55. The van der Waals surface area contributed by atoms with Gasteiger partial charge in [0.05, 0.1) is 27.4 Å². The van der Waals surface area contributed by atoms with E-state index in [9.17, 15) is 9.59 Å². The van der Waals surface area contributed by atoms with E-state index in [1.165, 1.54) is 7.11 Å². The molecule has 1 aliphatic heterocycles. The number of carbonyl (C=O) groups is 2. The summed E-state index contributed by atoms with van der Waals surface area (Å²) >= 11 is 0. The van der Waals surface area contributed by atoms with E-state index < -0.39 is 0 Å². The minimum atomic E-state index is -0.361. The van der Waals surface area contributed by atoms with Crippen molar-refractivity contribution in [2.75, 3.05) is 40.5 Å². The van der Waals surface area contributed by atoms with Crippen molar-refractivity contribution >= 4 is 17.9 Å². The molecule has 7 nitrogen and oxygen atoms in total. The first-order valence-corrected chi connectivity index (χ1v) is 9.30. The normalized spacial score (nSPS) is 14.3. The van der Waals surface area contributed by atoms with Gasteiger partial charge in [0, 0.05) is 24.2 Å². The highest BCUT2D eigenvalue weighted by molar-refractivity contribution is 6.05. The summed E-state index contributed by atoms with van der Waals surface area (Å²) in [5.74, 6) is 0.382. The van der Waals surface area contributed by atoms with Crippen molar-refractivity contribution in [3.05, 3.63) is 65.4 Å². The quantitative estimate of drug-likeness (QED) is 0.759. The predicted octanol–water partition coefficient (Wildman–Crippen LogP) is 2.33. The Morgan fingerprint density at radius 2 is 1.72 bits per heavy atom. The number of para-hydroxylation sites is 1. The zero-order valence-electron chi connectivity index (χ0n) is 16.5. The Hall–Kier alpha value is -3.32. The van der Waals surface area contributed by atoms with Crippen LogP contribution in [0, 0.1) is 0 Å². The minimum absolute atomic E-state index is 0.160. The van der Waals surface area contributed by atoms with Gasteiger partial charge in [-0.25, -0.2) is 0 Å². The third-order valence-electron chi connectivity index (χ3n) is 4.55. The second kappa shape index (κ2) is 9.75. The molecule has 0 saturated carbocycles. The number of nitrogens with one attached hydrogen (secondary N) is 1. The van der Waals surface area contributed by atoms with Gasteiger partial charge in [-0.15, -0.1) is 0 Å². The molecule has 2 amide bonds. The van der Waals surface area contributed by atoms with E-state index in [4.69, 9.17) is 14.2 Å². The van der Waals surface area contributed by atoms with Crippen LogP contribution in [0.25, 0.3) is 6.08 Å². The molecule has 0 spiro atoms. The Balaban J connectivity index is 1.97. The summed E-state index contributed by atoms with van der Waals surface area (Å²) in [7, 11) is 3.07. The molecule has 2 aromatic rings. The number of ether oxygens (including phenoxy) is 3. The number of hydrogen-bond acceptors (Lipinski definition) is 5. The van der Waals surface area contributed by atoms with Gasteiger partial charge in [0.1, 0.15) is 5.70 Å². The lowest BCUT2D eigenvalue weighted by molar-refractivity contribution is -0.131. The van der Waals surface area contributed by atoms with Gasteiger partial charge >= 0.3 is 0 Å². The Kier molecular flexibility index (Phi) is 6.86. The molecular weight excluding hydrogens is 372 g/mol. The fourth-order valence-corrected chi connectivity index (χ4v) is 3.05. The molecule has 152 valence electrons. The highest BCUT2D eigenvalue weighted by atomic mass is 16.5. The summed E-state index contributed by atoms with van der Waals surface area (Å²) in [6.07, 6.45) is 1.61. The molecule has 1 heterocycles. The monoisotopic (exact) mass is 396 g/mol. The Labute approximate surface area is 169 Å². The standard InChI is InChI=1S/C22H24N2O5/c1-27-19-10-6-9-17(20(19)28-2)15-18(22(26)24-11-13-29-14-12-24)23-21(25)16-7-4-3-5-8-16/h3-10,15H,11-14H2,1-2H3,(H,23,25). The highest BCUT2D eigenvalue weighted by Gasteiger charge is 2.23. The van der Waals surface area contributed by atoms with Gasteiger partial charge < -0.3 is 24.4 Å². The molecule has 0 atom stereocenters. The van der Waals surface area contributed by atoms with Crippen molar-refractivity contribution in [2.45, 2.75) is 0 Å². The first-order valence-electron chi connectivity index (χ1n) is 9.30. The zero-order valence-corrected chi connectivity index (χ0v) is 16.5. The number of rotatable bonds is 6. The zero-order chi connectivity index (χ0) is 20.6. The minimum Gasteiger partial charge on any atom is -0.493 e. The van der Waals surface area contributed by atoms with Crippen LogP contribution in [-0.4, -0.2) is 57.2 Å². The maximum absolute atomic E-state index is 13.1. The second-order valence-electron chi connectivity index (χ2n) is 6.37. The predicted molar refractivity (Wildman–Crippen MR) is 109 cm³/mol. The smallest absolute Gasteiger partial charge is 0.270 e. The number of hydrogen-bond donors (Lipinski definition) is 1. The summed E-state index contributed by atoms with van der Waals surface area (Å²) < 4.78 is 16.1. The fourth-order valence-electron chi connectivity index (χ4n) is 3.05. The lowest BCUT2D eigenvalue weighted by Gasteiger charge is -2.28. The van der Waals surface area contributed by atoms with Crippen LogP contribution in [0.1, 0.15) is 15.9 Å². The lowest BCUT2D eigenvalue weighted by Crippen LogP contribution is -2.44. The lowest BCUT2D eigenvalue weighted by atomic mass is 10.1. The average molecular weight is 396 g/mol. The van der Waals surface area contributed by atoms with Crippen LogP contribution in [-0.2, 0) is 9.53 Å². The molecule has 0 unspecified atom stereocenters. The number of amides is 2. The largest absolute Gasteiger partial charge is 0.493 e. The Morgan fingerprint density at radius 1 is 1.00 bits per heavy atom. The van der Waals surface area contributed by atoms with Gasteiger partial charge in [0.25, 0.3) is 11.8 Å². The molecule has 1 saturated heterocycles. The first kappa shape index (κ1) is 20.4. The average Bonchev–Trinajstić information content (AvgIpc) is 2.79. The number of benzene rings is 2. The van der Waals surface area contributed by atoms with Crippen LogP contribution in [0.4, 0.5) is 0 Å². The molecule has 1 N–H and O–H groups in total. The molecule has 7 heteroatoms. The summed E-state index contributed by atoms with van der Waals surface area (Å²) in [4.78, 5) is 27.5. The van der Waals surface area contributed by atoms with Crippen molar-refractivity contribution in [1.82, 2.24) is 10.2 Å². The third kappa shape index (κ3) is 4.94. The number of nitrogens with zero attached hydrogens (tertiary/aromatic N) is 1. The van der Waals surface area contributed by atoms with E-state index in [-0.39, 0.29) is 17.5 Å². The van der Waals surface area contributed by atoms with E-state index in [2.05, 4.69) is 5.32 Å². The van der Waals surface area contributed by atoms with Crippen molar-refractivity contribution < 1.29 is 23.8 Å². The van der Waals surface area contributed by atoms with Gasteiger partial charge in [-0.05, 0) is 24.3 Å². The molecule has 0 aliphatic carbocycles. The number of methoxy groups -OCH3 is 2. The Morgan fingerprint density at radius 3 is 2.38 bits per heavy atom. The Bertz CT molecular complexity index is 889. The van der Waals surface area contributed by atoms with Gasteiger partial charge in [0.2, 0.25) is 0 Å². The molecule has 1 fully saturated rings. The number of carbonyl (C=O) groups excluding carboxylic acids is 2. The van der Waals surface area contributed by atoms with Crippen LogP contribution in [0.3, 0.4) is 0 Å². The summed E-state index contributed by atoms with van der Waals surface area (Å²) in [6.45, 7) is 1.86. The van der Waals surface area contributed by atoms with E-state index in [0.29, 0.717) is 48.9 Å². The maximum atomic E-state index is 13.1. The van der Waals surface area contributed by atoms with E-state index in [1.807, 2.05) is 6.07 Å². The molecule has 0 bridgehead atoms. The summed E-state index contributed by atoms with van der Waals surface area (Å²) in [6, 6.07) is 14.1. The molecule has 3 rings (SSSR count). The fraction of sp³-hybridized carbons (Fsp3) is 0.273. The molecule has 2 aromatic carbocycles. The van der Waals surface area contributed by atoms with Crippen LogP contribution in [0.2, 0.25) is 0 Å².